The zero-order chi connectivity index (χ0) is 22.8. The molecule has 170 valence electrons. The highest BCUT2D eigenvalue weighted by Gasteiger charge is 2.21. The smallest absolute Gasteiger partial charge is 0.332 e. The van der Waals surface area contributed by atoms with E-state index >= 15 is 0 Å². The monoisotopic (exact) mass is 438 g/mol. The summed E-state index contributed by atoms with van der Waals surface area (Å²) in [7, 11) is 3.06. The van der Waals surface area contributed by atoms with Gasteiger partial charge >= 0.3 is 5.69 Å². The van der Waals surface area contributed by atoms with E-state index in [9.17, 15) is 14.4 Å². The molecule has 1 saturated heterocycles. The van der Waals surface area contributed by atoms with Gasteiger partial charge < -0.3 is 9.47 Å². The van der Waals surface area contributed by atoms with Gasteiger partial charge in [0.2, 0.25) is 5.91 Å². The van der Waals surface area contributed by atoms with E-state index in [0.717, 1.165) is 37.3 Å². The van der Waals surface area contributed by atoms with E-state index in [1.807, 2.05) is 4.90 Å². The number of carbonyl (C=O) groups is 1. The quantitative estimate of drug-likeness (QED) is 0.570. The van der Waals surface area contributed by atoms with Gasteiger partial charge in [-0.1, -0.05) is 24.3 Å². The van der Waals surface area contributed by atoms with Gasteiger partial charge in [0.1, 0.15) is 0 Å². The van der Waals surface area contributed by atoms with Gasteiger partial charge in [0, 0.05) is 59.8 Å². The van der Waals surface area contributed by atoms with Crippen molar-refractivity contribution < 1.29 is 4.79 Å². The Morgan fingerprint density at radius 2 is 1.75 bits per heavy atom. The summed E-state index contributed by atoms with van der Waals surface area (Å²) in [6.45, 7) is 6.77. The number of hydrogen-bond acceptors (Lipinski definition) is 5. The van der Waals surface area contributed by atoms with Crippen LogP contribution in [0.2, 0.25) is 0 Å². The number of amides is 1. The van der Waals surface area contributed by atoms with Crippen LogP contribution in [0.1, 0.15) is 24.0 Å². The molecule has 0 bridgehead atoms. The standard InChI is InChI=1S/C23H30N6O3/c1-17-7-4-5-8-18(17)15-27-11-13-28(14-12-27)19(30)9-6-10-29-16-24-21-20(29)22(31)26(3)23(32)25(21)2/h4-5,7-8,16H,6,9-15H2,1-3H3. The van der Waals surface area contributed by atoms with Crippen LogP contribution in [0.4, 0.5) is 0 Å². The summed E-state index contributed by atoms with van der Waals surface area (Å²) < 4.78 is 4.20. The average Bonchev–Trinajstić information content (AvgIpc) is 3.22. The fourth-order valence-electron chi connectivity index (χ4n) is 4.31. The Morgan fingerprint density at radius 1 is 1.03 bits per heavy atom. The second-order valence-electron chi connectivity index (χ2n) is 8.50. The number of imidazole rings is 1. The highest BCUT2D eigenvalue weighted by molar-refractivity contribution is 5.76. The van der Waals surface area contributed by atoms with Crippen molar-refractivity contribution in [1.29, 1.82) is 0 Å². The molecule has 32 heavy (non-hydrogen) atoms. The number of rotatable bonds is 6. The lowest BCUT2D eigenvalue weighted by Crippen LogP contribution is -2.48. The van der Waals surface area contributed by atoms with E-state index in [4.69, 9.17) is 0 Å². The molecule has 1 fully saturated rings. The Kier molecular flexibility index (Phi) is 6.27. The number of aromatic nitrogens is 4. The maximum atomic E-state index is 12.7. The zero-order valence-electron chi connectivity index (χ0n) is 19.0. The molecule has 0 radical (unpaired) electrons. The van der Waals surface area contributed by atoms with Gasteiger partial charge in [0.05, 0.1) is 6.33 Å². The van der Waals surface area contributed by atoms with Crippen LogP contribution in [0.5, 0.6) is 0 Å². The molecule has 4 rings (SSSR count). The van der Waals surface area contributed by atoms with Gasteiger partial charge in [0.25, 0.3) is 5.56 Å². The molecule has 0 N–H and O–H groups in total. The lowest BCUT2D eigenvalue weighted by Gasteiger charge is -2.35. The van der Waals surface area contributed by atoms with Crippen LogP contribution in [0.3, 0.4) is 0 Å². The molecule has 9 nitrogen and oxygen atoms in total. The molecule has 3 heterocycles. The summed E-state index contributed by atoms with van der Waals surface area (Å²) >= 11 is 0. The number of nitrogens with zero attached hydrogens (tertiary/aromatic N) is 6. The molecule has 1 aliphatic heterocycles. The Bertz CT molecular complexity index is 1250. The fourth-order valence-corrected chi connectivity index (χ4v) is 4.31. The number of benzene rings is 1. The molecular formula is C23H30N6O3. The summed E-state index contributed by atoms with van der Waals surface area (Å²) in [5.74, 6) is 0.144. The molecule has 0 unspecified atom stereocenters. The Balaban J connectivity index is 1.30. The zero-order valence-corrected chi connectivity index (χ0v) is 19.0. The molecule has 3 aromatic rings. The summed E-state index contributed by atoms with van der Waals surface area (Å²) in [5.41, 5.74) is 2.64. The molecule has 0 saturated carbocycles. The first-order valence-corrected chi connectivity index (χ1v) is 11.0. The van der Waals surface area contributed by atoms with E-state index in [0.29, 0.717) is 30.6 Å². The number of piperazine rings is 1. The first-order valence-electron chi connectivity index (χ1n) is 11.0. The topological polar surface area (TPSA) is 85.4 Å². The van der Waals surface area contributed by atoms with Crippen molar-refractivity contribution in [1.82, 2.24) is 28.5 Å². The van der Waals surface area contributed by atoms with Crippen molar-refractivity contribution in [3.8, 4) is 0 Å². The number of hydrogen-bond donors (Lipinski definition) is 0. The molecule has 0 atom stereocenters. The lowest BCUT2D eigenvalue weighted by atomic mass is 10.1. The van der Waals surface area contributed by atoms with Crippen molar-refractivity contribution in [2.75, 3.05) is 26.2 Å². The summed E-state index contributed by atoms with van der Waals surface area (Å²) in [6.07, 6.45) is 2.60. The van der Waals surface area contributed by atoms with Gasteiger partial charge in [-0.25, -0.2) is 9.78 Å². The third kappa shape index (κ3) is 4.25. The van der Waals surface area contributed by atoms with Gasteiger partial charge in [-0.05, 0) is 24.5 Å². The van der Waals surface area contributed by atoms with E-state index in [1.54, 1.807) is 17.9 Å². The average molecular weight is 439 g/mol. The van der Waals surface area contributed by atoms with Crippen LogP contribution >= 0.6 is 0 Å². The Morgan fingerprint density at radius 3 is 2.47 bits per heavy atom. The van der Waals surface area contributed by atoms with Crippen LogP contribution in [-0.4, -0.2) is 60.6 Å². The van der Waals surface area contributed by atoms with Crippen molar-refractivity contribution >= 4 is 17.1 Å². The number of carbonyl (C=O) groups excluding carboxylic acids is 1. The third-order valence-electron chi connectivity index (χ3n) is 6.39. The van der Waals surface area contributed by atoms with Gasteiger partial charge in [0.15, 0.2) is 11.2 Å². The molecule has 0 spiro atoms. The summed E-state index contributed by atoms with van der Waals surface area (Å²) in [5, 5.41) is 0. The molecule has 9 heteroatoms. The van der Waals surface area contributed by atoms with Crippen molar-refractivity contribution in [2.24, 2.45) is 14.1 Å². The van der Waals surface area contributed by atoms with Crippen molar-refractivity contribution in [2.45, 2.75) is 32.9 Å². The number of fused-ring (bicyclic) bond motifs is 1. The molecular weight excluding hydrogens is 408 g/mol. The molecule has 1 amide bonds. The van der Waals surface area contributed by atoms with E-state index in [-0.39, 0.29) is 11.5 Å². The van der Waals surface area contributed by atoms with Crippen molar-refractivity contribution in [3.63, 3.8) is 0 Å². The lowest BCUT2D eigenvalue weighted by molar-refractivity contribution is -0.133. The fraction of sp³-hybridized carbons (Fsp3) is 0.478. The second-order valence-corrected chi connectivity index (χ2v) is 8.50. The largest absolute Gasteiger partial charge is 0.340 e. The maximum absolute atomic E-state index is 12.7. The predicted octanol–water partition coefficient (Wildman–Crippen LogP) is 0.867. The molecule has 1 aromatic carbocycles. The second kappa shape index (κ2) is 9.12. The molecule has 1 aliphatic rings. The molecule has 0 aliphatic carbocycles. The van der Waals surface area contributed by atoms with Crippen LogP contribution in [0, 0.1) is 6.92 Å². The minimum Gasteiger partial charge on any atom is -0.340 e. The van der Waals surface area contributed by atoms with E-state index in [2.05, 4.69) is 41.1 Å². The normalized spacial score (nSPS) is 14.9. The van der Waals surface area contributed by atoms with Crippen LogP contribution in [0.25, 0.3) is 11.2 Å². The molecule has 2 aromatic heterocycles. The van der Waals surface area contributed by atoms with E-state index in [1.165, 1.54) is 22.7 Å². The summed E-state index contributed by atoms with van der Waals surface area (Å²) in [6, 6.07) is 8.42. The van der Waals surface area contributed by atoms with Gasteiger partial charge in [-0.2, -0.15) is 0 Å². The van der Waals surface area contributed by atoms with Crippen LogP contribution < -0.4 is 11.2 Å². The predicted molar refractivity (Wildman–Crippen MR) is 122 cm³/mol. The van der Waals surface area contributed by atoms with Gasteiger partial charge in [-0.15, -0.1) is 0 Å². The SMILES string of the molecule is Cc1ccccc1CN1CCN(C(=O)CCCn2cnc3c2c(=O)n(C)c(=O)n3C)CC1. The summed E-state index contributed by atoms with van der Waals surface area (Å²) in [4.78, 5) is 45.8. The van der Waals surface area contributed by atoms with Crippen molar-refractivity contribution in [3.05, 3.63) is 62.6 Å². The van der Waals surface area contributed by atoms with Crippen LogP contribution in [-0.2, 0) is 32.0 Å². The highest BCUT2D eigenvalue weighted by Crippen LogP contribution is 2.14. The minimum absolute atomic E-state index is 0.144. The van der Waals surface area contributed by atoms with Gasteiger partial charge in [-0.3, -0.25) is 23.6 Å². The van der Waals surface area contributed by atoms with Crippen LogP contribution in [0.15, 0.2) is 40.2 Å². The maximum Gasteiger partial charge on any atom is 0.332 e. The first-order chi connectivity index (χ1) is 15.4. The van der Waals surface area contributed by atoms with E-state index < -0.39 is 5.69 Å². The highest BCUT2D eigenvalue weighted by atomic mass is 16.2. The third-order valence-corrected chi connectivity index (χ3v) is 6.39. The number of aryl methyl sites for hydroxylation is 3. The Labute approximate surface area is 186 Å². The first kappa shape index (κ1) is 22.0. The Hall–Kier alpha value is -3.20. The minimum atomic E-state index is -0.399.